The second-order valence-electron chi connectivity index (χ2n) is 6.65. The third-order valence-electron chi connectivity index (χ3n) is 4.49. The Kier molecular flexibility index (Phi) is 7.21. The number of carbonyl (C=O) groups is 1. The SMILES string of the molecule is CCOP(=O)(Cc1ccc(NC(=O)c2cnn(-c3ccccc3)c2C)cc1)OCC. The van der Waals surface area contributed by atoms with Crippen molar-refractivity contribution in [2.45, 2.75) is 26.9 Å². The number of hydrogen-bond donors (Lipinski definition) is 1. The normalized spacial score (nSPS) is 11.4. The van der Waals surface area contributed by atoms with Crippen LogP contribution >= 0.6 is 7.60 Å². The van der Waals surface area contributed by atoms with Crippen molar-refractivity contribution in [2.24, 2.45) is 0 Å². The van der Waals surface area contributed by atoms with E-state index in [-0.39, 0.29) is 12.1 Å². The van der Waals surface area contributed by atoms with Crippen LogP contribution in [-0.4, -0.2) is 28.9 Å². The van der Waals surface area contributed by atoms with Gasteiger partial charge in [0.05, 0.1) is 42.5 Å². The Hall–Kier alpha value is -2.73. The predicted octanol–water partition coefficient (Wildman–Crippen LogP) is 5.20. The molecule has 3 rings (SSSR count). The first-order valence-corrected chi connectivity index (χ1v) is 11.6. The Morgan fingerprint density at radius 2 is 1.67 bits per heavy atom. The minimum absolute atomic E-state index is 0.186. The summed E-state index contributed by atoms with van der Waals surface area (Å²) in [6.45, 7) is 6.07. The van der Waals surface area contributed by atoms with E-state index in [4.69, 9.17) is 9.05 Å². The number of aromatic nitrogens is 2. The summed E-state index contributed by atoms with van der Waals surface area (Å²) >= 11 is 0. The fourth-order valence-electron chi connectivity index (χ4n) is 3.10. The van der Waals surface area contributed by atoms with E-state index in [9.17, 15) is 9.36 Å². The van der Waals surface area contributed by atoms with Gasteiger partial charge in [-0.3, -0.25) is 9.36 Å². The molecule has 0 aliphatic rings. The molecule has 0 bridgehead atoms. The smallest absolute Gasteiger partial charge is 0.322 e. The Balaban J connectivity index is 1.69. The number of carbonyl (C=O) groups excluding carboxylic acids is 1. The number of benzene rings is 2. The van der Waals surface area contributed by atoms with Gasteiger partial charge in [-0.1, -0.05) is 30.3 Å². The zero-order valence-corrected chi connectivity index (χ0v) is 18.3. The summed E-state index contributed by atoms with van der Waals surface area (Å²) in [5.74, 6) is -0.239. The molecule has 8 heteroatoms. The van der Waals surface area contributed by atoms with Gasteiger partial charge in [-0.15, -0.1) is 0 Å². The molecule has 0 fully saturated rings. The number of hydrogen-bond acceptors (Lipinski definition) is 5. The van der Waals surface area contributed by atoms with Crippen molar-refractivity contribution >= 4 is 19.2 Å². The molecule has 0 radical (unpaired) electrons. The average Bonchev–Trinajstić information content (AvgIpc) is 3.12. The lowest BCUT2D eigenvalue weighted by Crippen LogP contribution is -2.13. The standard InChI is InChI=1S/C22H26N3O4P/c1-4-28-30(27,29-5-2)16-18-11-13-19(14-12-18)24-22(26)21-15-23-25(17(21)3)20-9-7-6-8-10-20/h6-15H,4-5,16H2,1-3H3,(H,24,26). The van der Waals surface area contributed by atoms with Gasteiger partial charge in [-0.2, -0.15) is 5.10 Å². The second kappa shape index (κ2) is 9.85. The van der Waals surface area contributed by atoms with Crippen LogP contribution in [-0.2, 0) is 19.8 Å². The summed E-state index contributed by atoms with van der Waals surface area (Å²) in [4.78, 5) is 12.7. The van der Waals surface area contributed by atoms with Gasteiger partial charge in [0, 0.05) is 5.69 Å². The number of anilines is 1. The van der Waals surface area contributed by atoms with Crippen LogP contribution in [0.1, 0.15) is 35.5 Å². The zero-order valence-electron chi connectivity index (χ0n) is 17.4. The Labute approximate surface area is 176 Å². The Morgan fingerprint density at radius 3 is 2.27 bits per heavy atom. The third kappa shape index (κ3) is 5.25. The summed E-state index contributed by atoms with van der Waals surface area (Å²) < 4.78 is 25.1. The lowest BCUT2D eigenvalue weighted by atomic mass is 10.2. The van der Waals surface area contributed by atoms with Crippen molar-refractivity contribution in [3.05, 3.63) is 77.6 Å². The van der Waals surface area contributed by atoms with Gasteiger partial charge >= 0.3 is 7.60 Å². The molecule has 158 valence electrons. The van der Waals surface area contributed by atoms with E-state index in [1.807, 2.05) is 37.3 Å². The maximum Gasteiger partial charge on any atom is 0.335 e. The molecule has 0 aliphatic heterocycles. The van der Waals surface area contributed by atoms with Crippen LogP contribution in [0.5, 0.6) is 0 Å². The van der Waals surface area contributed by atoms with E-state index in [0.717, 1.165) is 16.9 Å². The molecule has 0 saturated heterocycles. The summed E-state index contributed by atoms with van der Waals surface area (Å²) in [5, 5.41) is 7.22. The molecule has 0 spiro atoms. The van der Waals surface area contributed by atoms with Crippen LogP contribution < -0.4 is 5.32 Å². The number of para-hydroxylation sites is 1. The second-order valence-corrected chi connectivity index (χ2v) is 8.70. The number of amides is 1. The van der Waals surface area contributed by atoms with Gasteiger partial charge < -0.3 is 14.4 Å². The van der Waals surface area contributed by atoms with Crippen molar-refractivity contribution in [3.63, 3.8) is 0 Å². The summed E-state index contributed by atoms with van der Waals surface area (Å²) in [7, 11) is -3.16. The molecule has 0 atom stereocenters. The first kappa shape index (κ1) is 22.0. The minimum Gasteiger partial charge on any atom is -0.322 e. The molecule has 30 heavy (non-hydrogen) atoms. The van der Waals surface area contributed by atoms with Crippen LogP contribution in [0, 0.1) is 6.92 Å². The minimum atomic E-state index is -3.16. The van der Waals surface area contributed by atoms with E-state index >= 15 is 0 Å². The van der Waals surface area contributed by atoms with Crippen LogP contribution in [0.2, 0.25) is 0 Å². The number of rotatable bonds is 9. The topological polar surface area (TPSA) is 82.5 Å². The highest BCUT2D eigenvalue weighted by atomic mass is 31.2. The highest BCUT2D eigenvalue weighted by Gasteiger charge is 2.24. The zero-order chi connectivity index (χ0) is 21.6. The monoisotopic (exact) mass is 427 g/mol. The molecular formula is C22H26N3O4P. The van der Waals surface area contributed by atoms with Crippen molar-refractivity contribution in [2.75, 3.05) is 18.5 Å². The van der Waals surface area contributed by atoms with E-state index in [1.165, 1.54) is 0 Å². The van der Waals surface area contributed by atoms with Crippen LogP contribution in [0.4, 0.5) is 5.69 Å². The molecule has 0 aliphatic carbocycles. The summed E-state index contributed by atoms with van der Waals surface area (Å²) in [5.41, 5.74) is 3.60. The molecule has 1 amide bonds. The van der Waals surface area contributed by atoms with Crippen molar-refractivity contribution in [3.8, 4) is 5.69 Å². The van der Waals surface area contributed by atoms with E-state index in [2.05, 4.69) is 10.4 Å². The molecule has 1 heterocycles. The van der Waals surface area contributed by atoms with E-state index in [1.54, 1.807) is 49.0 Å². The number of nitrogens with zero attached hydrogens (tertiary/aromatic N) is 2. The maximum absolute atomic E-state index is 12.7. The van der Waals surface area contributed by atoms with Gasteiger partial charge in [-0.25, -0.2) is 4.68 Å². The molecule has 3 aromatic rings. The van der Waals surface area contributed by atoms with E-state index in [0.29, 0.717) is 24.5 Å². The molecule has 0 unspecified atom stereocenters. The third-order valence-corrected chi connectivity index (χ3v) is 6.55. The molecule has 1 aromatic heterocycles. The van der Waals surface area contributed by atoms with Gasteiger partial charge in [-0.05, 0) is 50.6 Å². The highest BCUT2D eigenvalue weighted by Crippen LogP contribution is 2.51. The van der Waals surface area contributed by atoms with Gasteiger partial charge in [0.2, 0.25) is 0 Å². The quantitative estimate of drug-likeness (QED) is 0.475. The van der Waals surface area contributed by atoms with Crippen molar-refractivity contribution in [1.82, 2.24) is 9.78 Å². The van der Waals surface area contributed by atoms with Crippen LogP contribution in [0.3, 0.4) is 0 Å². The highest BCUT2D eigenvalue weighted by molar-refractivity contribution is 7.53. The number of nitrogens with one attached hydrogen (secondary N) is 1. The Morgan fingerprint density at radius 1 is 1.03 bits per heavy atom. The molecular weight excluding hydrogens is 401 g/mol. The van der Waals surface area contributed by atoms with Gasteiger partial charge in [0.25, 0.3) is 5.91 Å². The van der Waals surface area contributed by atoms with Gasteiger partial charge in [0.15, 0.2) is 0 Å². The molecule has 1 N–H and O–H groups in total. The van der Waals surface area contributed by atoms with Crippen molar-refractivity contribution in [1.29, 1.82) is 0 Å². The molecule has 2 aromatic carbocycles. The first-order chi connectivity index (χ1) is 14.5. The van der Waals surface area contributed by atoms with Crippen LogP contribution in [0.15, 0.2) is 60.8 Å². The Bertz CT molecular complexity index is 1020. The average molecular weight is 427 g/mol. The van der Waals surface area contributed by atoms with E-state index < -0.39 is 7.60 Å². The maximum atomic E-state index is 12.7. The predicted molar refractivity (Wildman–Crippen MR) is 117 cm³/mol. The fourth-order valence-corrected chi connectivity index (χ4v) is 4.80. The lowest BCUT2D eigenvalue weighted by molar-refractivity contribution is 0.102. The first-order valence-electron chi connectivity index (χ1n) is 9.84. The largest absolute Gasteiger partial charge is 0.335 e. The molecule has 7 nitrogen and oxygen atoms in total. The summed E-state index contributed by atoms with van der Waals surface area (Å²) in [6, 6.07) is 16.8. The van der Waals surface area contributed by atoms with Crippen molar-refractivity contribution < 1.29 is 18.4 Å². The van der Waals surface area contributed by atoms with Gasteiger partial charge in [0.1, 0.15) is 0 Å². The lowest BCUT2D eigenvalue weighted by Gasteiger charge is -2.17. The fraction of sp³-hybridized carbons (Fsp3) is 0.273. The van der Waals surface area contributed by atoms with Crippen LogP contribution in [0.25, 0.3) is 5.69 Å². The molecule has 0 saturated carbocycles. The summed E-state index contributed by atoms with van der Waals surface area (Å²) in [6.07, 6.45) is 1.75.